The number of hydrogen-bond donors (Lipinski definition) is 2. The van der Waals surface area contributed by atoms with Gasteiger partial charge in [0.15, 0.2) is 5.69 Å². The first-order valence-corrected chi connectivity index (χ1v) is 6.47. The zero-order chi connectivity index (χ0) is 15.6. The van der Waals surface area contributed by atoms with Crippen LogP contribution in [-0.4, -0.2) is 38.4 Å². The lowest BCUT2D eigenvalue weighted by atomic mass is 10.3. The summed E-state index contributed by atoms with van der Waals surface area (Å²) in [5, 5.41) is 13.4. The van der Waals surface area contributed by atoms with Crippen molar-refractivity contribution in [2.45, 2.75) is 20.4 Å². The lowest BCUT2D eigenvalue weighted by Crippen LogP contribution is -2.24. The van der Waals surface area contributed by atoms with Crippen LogP contribution in [-0.2, 0) is 18.4 Å². The van der Waals surface area contributed by atoms with Gasteiger partial charge in [-0.25, -0.2) is 0 Å². The SMILES string of the molecule is CNC(=O)c1nn(C)cc1NC(=O)Cn1nc(C)cc1C. The number of aryl methyl sites for hydroxylation is 3. The molecule has 0 aliphatic rings. The summed E-state index contributed by atoms with van der Waals surface area (Å²) >= 11 is 0. The lowest BCUT2D eigenvalue weighted by Gasteiger charge is -2.06. The quantitative estimate of drug-likeness (QED) is 0.843. The molecule has 0 fully saturated rings. The molecule has 0 aliphatic heterocycles. The average molecular weight is 290 g/mol. The predicted molar refractivity (Wildman–Crippen MR) is 76.9 cm³/mol. The van der Waals surface area contributed by atoms with E-state index in [2.05, 4.69) is 20.8 Å². The van der Waals surface area contributed by atoms with E-state index in [4.69, 9.17) is 0 Å². The molecule has 0 bridgehead atoms. The molecule has 2 N–H and O–H groups in total. The summed E-state index contributed by atoms with van der Waals surface area (Å²) in [6.45, 7) is 3.83. The number of hydrogen-bond acceptors (Lipinski definition) is 4. The van der Waals surface area contributed by atoms with Gasteiger partial charge in [0.05, 0.1) is 11.4 Å². The van der Waals surface area contributed by atoms with E-state index >= 15 is 0 Å². The van der Waals surface area contributed by atoms with Gasteiger partial charge in [0.1, 0.15) is 6.54 Å². The smallest absolute Gasteiger partial charge is 0.273 e. The average Bonchev–Trinajstić information content (AvgIpc) is 2.91. The summed E-state index contributed by atoms with van der Waals surface area (Å²) in [4.78, 5) is 23.8. The van der Waals surface area contributed by atoms with Crippen LogP contribution in [0.5, 0.6) is 0 Å². The zero-order valence-electron chi connectivity index (χ0n) is 12.5. The molecule has 0 aromatic carbocycles. The molecule has 0 saturated heterocycles. The highest BCUT2D eigenvalue weighted by atomic mass is 16.2. The highest BCUT2D eigenvalue weighted by Crippen LogP contribution is 2.13. The van der Waals surface area contributed by atoms with Gasteiger partial charge >= 0.3 is 0 Å². The molecule has 21 heavy (non-hydrogen) atoms. The number of amides is 2. The van der Waals surface area contributed by atoms with Crippen molar-refractivity contribution in [3.8, 4) is 0 Å². The van der Waals surface area contributed by atoms with Crippen LogP contribution in [0.1, 0.15) is 21.9 Å². The van der Waals surface area contributed by atoms with Gasteiger partial charge in [0, 0.05) is 26.0 Å². The van der Waals surface area contributed by atoms with Crippen molar-refractivity contribution in [3.63, 3.8) is 0 Å². The van der Waals surface area contributed by atoms with E-state index in [1.807, 2.05) is 19.9 Å². The standard InChI is InChI=1S/C13H18N6O2/c1-8-5-9(2)19(16-8)7-11(20)15-10-6-18(4)17-12(10)13(21)14-3/h5-6H,7H2,1-4H3,(H,14,21)(H,15,20). The molecule has 2 amide bonds. The number of rotatable bonds is 4. The molecule has 2 aromatic heterocycles. The molecule has 0 radical (unpaired) electrons. The Hall–Kier alpha value is -2.64. The number of carbonyl (C=O) groups excluding carboxylic acids is 2. The normalized spacial score (nSPS) is 10.5. The Balaban J connectivity index is 2.13. The van der Waals surface area contributed by atoms with Crippen molar-refractivity contribution in [1.82, 2.24) is 24.9 Å². The van der Waals surface area contributed by atoms with Crippen LogP contribution in [0.2, 0.25) is 0 Å². The maximum Gasteiger partial charge on any atom is 0.273 e. The second-order valence-electron chi connectivity index (χ2n) is 4.78. The minimum absolute atomic E-state index is 0.0851. The van der Waals surface area contributed by atoms with E-state index < -0.39 is 0 Å². The highest BCUT2D eigenvalue weighted by molar-refractivity contribution is 6.02. The van der Waals surface area contributed by atoms with Crippen LogP contribution >= 0.6 is 0 Å². The second-order valence-corrected chi connectivity index (χ2v) is 4.78. The first-order chi connectivity index (χ1) is 9.90. The van der Waals surface area contributed by atoms with Gasteiger partial charge in [-0.15, -0.1) is 0 Å². The van der Waals surface area contributed by atoms with Crippen molar-refractivity contribution >= 4 is 17.5 Å². The van der Waals surface area contributed by atoms with E-state index in [9.17, 15) is 9.59 Å². The first-order valence-electron chi connectivity index (χ1n) is 6.47. The topological polar surface area (TPSA) is 93.8 Å². The molecular formula is C13H18N6O2. The van der Waals surface area contributed by atoms with Gasteiger partial charge in [0.25, 0.3) is 5.91 Å². The Morgan fingerprint density at radius 1 is 1.29 bits per heavy atom. The maximum atomic E-state index is 12.1. The van der Waals surface area contributed by atoms with Crippen LogP contribution < -0.4 is 10.6 Å². The predicted octanol–water partition coefficient (Wildman–Crippen LogP) is 0.232. The third-order valence-corrected chi connectivity index (χ3v) is 2.94. The summed E-state index contributed by atoms with van der Waals surface area (Å²) in [5.41, 5.74) is 2.32. The highest BCUT2D eigenvalue weighted by Gasteiger charge is 2.17. The molecule has 2 rings (SSSR count). The van der Waals surface area contributed by atoms with Gasteiger partial charge in [-0.2, -0.15) is 10.2 Å². The second kappa shape index (κ2) is 5.78. The Morgan fingerprint density at radius 3 is 2.57 bits per heavy atom. The lowest BCUT2D eigenvalue weighted by molar-refractivity contribution is -0.116. The number of carbonyl (C=O) groups is 2. The van der Waals surface area contributed by atoms with Crippen LogP contribution in [0, 0.1) is 13.8 Å². The molecular weight excluding hydrogens is 272 g/mol. The Labute approximate surface area is 122 Å². The molecule has 8 nitrogen and oxygen atoms in total. The third-order valence-electron chi connectivity index (χ3n) is 2.94. The first kappa shape index (κ1) is 14.8. The van der Waals surface area contributed by atoms with Crippen molar-refractivity contribution in [1.29, 1.82) is 0 Å². The fourth-order valence-corrected chi connectivity index (χ4v) is 2.03. The van der Waals surface area contributed by atoms with Crippen LogP contribution in [0.15, 0.2) is 12.3 Å². The summed E-state index contributed by atoms with van der Waals surface area (Å²) in [5.74, 6) is -0.614. The van der Waals surface area contributed by atoms with Crippen LogP contribution in [0.4, 0.5) is 5.69 Å². The third kappa shape index (κ3) is 3.28. The molecule has 0 atom stereocenters. The Morgan fingerprint density at radius 2 is 2.00 bits per heavy atom. The number of anilines is 1. The molecule has 112 valence electrons. The van der Waals surface area contributed by atoms with Crippen LogP contribution in [0.25, 0.3) is 0 Å². The van der Waals surface area contributed by atoms with E-state index in [-0.39, 0.29) is 24.1 Å². The maximum absolute atomic E-state index is 12.1. The monoisotopic (exact) mass is 290 g/mol. The van der Waals surface area contributed by atoms with E-state index in [0.717, 1.165) is 11.4 Å². The molecule has 2 aromatic rings. The summed E-state index contributed by atoms with van der Waals surface area (Å²) in [6.07, 6.45) is 1.59. The summed E-state index contributed by atoms with van der Waals surface area (Å²) < 4.78 is 3.09. The molecule has 0 saturated carbocycles. The summed E-state index contributed by atoms with van der Waals surface area (Å²) in [6, 6.07) is 1.90. The zero-order valence-corrected chi connectivity index (χ0v) is 12.5. The van der Waals surface area contributed by atoms with Crippen LogP contribution in [0.3, 0.4) is 0 Å². The van der Waals surface area contributed by atoms with Gasteiger partial charge < -0.3 is 10.6 Å². The number of aromatic nitrogens is 4. The minimum atomic E-state index is -0.350. The van der Waals surface area contributed by atoms with Crippen molar-refractivity contribution < 1.29 is 9.59 Å². The molecule has 8 heteroatoms. The van der Waals surface area contributed by atoms with Gasteiger partial charge in [-0.1, -0.05) is 0 Å². The molecule has 0 aliphatic carbocycles. The fraction of sp³-hybridized carbons (Fsp3) is 0.385. The van der Waals surface area contributed by atoms with Crippen molar-refractivity contribution in [3.05, 3.63) is 29.3 Å². The van der Waals surface area contributed by atoms with E-state index in [0.29, 0.717) is 5.69 Å². The number of nitrogens with zero attached hydrogens (tertiary/aromatic N) is 4. The van der Waals surface area contributed by atoms with Crippen molar-refractivity contribution in [2.75, 3.05) is 12.4 Å². The summed E-state index contributed by atoms with van der Waals surface area (Å²) in [7, 11) is 3.20. The molecule has 2 heterocycles. The van der Waals surface area contributed by atoms with Gasteiger partial charge in [-0.05, 0) is 19.9 Å². The van der Waals surface area contributed by atoms with Gasteiger partial charge in [-0.3, -0.25) is 19.0 Å². The largest absolute Gasteiger partial charge is 0.354 e. The minimum Gasteiger partial charge on any atom is -0.354 e. The van der Waals surface area contributed by atoms with E-state index in [1.165, 1.54) is 11.7 Å². The van der Waals surface area contributed by atoms with Crippen molar-refractivity contribution in [2.24, 2.45) is 7.05 Å². The van der Waals surface area contributed by atoms with Gasteiger partial charge in [0.2, 0.25) is 5.91 Å². The molecule has 0 spiro atoms. The number of nitrogens with one attached hydrogen (secondary N) is 2. The molecule has 0 unspecified atom stereocenters. The Bertz CT molecular complexity index is 685. The fourth-order valence-electron chi connectivity index (χ4n) is 2.03. The van der Waals surface area contributed by atoms with E-state index in [1.54, 1.807) is 17.9 Å². The Kier molecular flexibility index (Phi) is 4.06.